The van der Waals surface area contributed by atoms with Gasteiger partial charge in [-0.3, -0.25) is 4.57 Å². The predicted molar refractivity (Wildman–Crippen MR) is 104 cm³/mol. The van der Waals surface area contributed by atoms with E-state index in [1.807, 2.05) is 24.5 Å². The van der Waals surface area contributed by atoms with Crippen molar-refractivity contribution in [3.63, 3.8) is 0 Å². The fraction of sp³-hybridized carbons (Fsp3) is 0.0952. The van der Waals surface area contributed by atoms with Gasteiger partial charge in [0.25, 0.3) is 0 Å². The highest BCUT2D eigenvalue weighted by molar-refractivity contribution is 5.95. The minimum Gasteiger partial charge on any atom is -0.507 e. The Morgan fingerprint density at radius 2 is 1.71 bits per heavy atom. The number of aromatic hydroxyl groups is 1. The van der Waals surface area contributed by atoms with Gasteiger partial charge in [0.05, 0.1) is 10.9 Å². The number of aryl methyl sites for hydroxylation is 1. The first kappa shape index (κ1) is 16.4. The zero-order valence-corrected chi connectivity index (χ0v) is 15.3. The molecule has 0 radical (unpaired) electrons. The highest BCUT2D eigenvalue weighted by atomic mass is 19.1. The number of nitrogens with zero attached hydrogens (tertiary/aromatic N) is 5. The second-order valence-corrected chi connectivity index (χ2v) is 6.69. The molecular formula is C21H16FN5O. The Morgan fingerprint density at radius 3 is 2.46 bits per heavy atom. The van der Waals surface area contributed by atoms with Crippen LogP contribution in [0.3, 0.4) is 0 Å². The molecule has 0 aliphatic carbocycles. The zero-order valence-electron chi connectivity index (χ0n) is 15.3. The molecule has 0 saturated heterocycles. The molecule has 6 nitrogen and oxygen atoms in total. The van der Waals surface area contributed by atoms with Crippen molar-refractivity contribution in [3.05, 3.63) is 71.9 Å². The van der Waals surface area contributed by atoms with E-state index >= 15 is 0 Å². The van der Waals surface area contributed by atoms with Crippen molar-refractivity contribution < 1.29 is 9.50 Å². The average molecular weight is 373 g/mol. The zero-order chi connectivity index (χ0) is 19.4. The summed E-state index contributed by atoms with van der Waals surface area (Å²) in [5.74, 6) is 0.271. The highest BCUT2D eigenvalue weighted by Gasteiger charge is 2.20. The first-order valence-electron chi connectivity index (χ1n) is 8.82. The van der Waals surface area contributed by atoms with Gasteiger partial charge in [0, 0.05) is 11.4 Å². The second kappa shape index (κ2) is 5.88. The smallest absolute Gasteiger partial charge is 0.185 e. The molecule has 0 bridgehead atoms. The van der Waals surface area contributed by atoms with E-state index in [1.54, 1.807) is 41.2 Å². The Bertz CT molecular complexity index is 1350. The first-order valence-corrected chi connectivity index (χ1v) is 8.82. The third-order valence-corrected chi connectivity index (χ3v) is 5.06. The van der Waals surface area contributed by atoms with Crippen LogP contribution in [0.5, 0.6) is 5.75 Å². The van der Waals surface area contributed by atoms with Gasteiger partial charge in [-0.2, -0.15) is 0 Å². The van der Waals surface area contributed by atoms with E-state index in [4.69, 9.17) is 0 Å². The molecule has 7 heteroatoms. The van der Waals surface area contributed by atoms with Gasteiger partial charge in [-0.25, -0.2) is 18.9 Å². The van der Waals surface area contributed by atoms with Gasteiger partial charge >= 0.3 is 0 Å². The number of fused-ring (bicyclic) bond motifs is 3. The second-order valence-electron chi connectivity index (χ2n) is 6.69. The van der Waals surface area contributed by atoms with E-state index in [0.29, 0.717) is 17.0 Å². The normalized spacial score (nSPS) is 11.5. The lowest BCUT2D eigenvalue weighted by molar-refractivity contribution is 0.477. The summed E-state index contributed by atoms with van der Waals surface area (Å²) in [6, 6.07) is 13.3. The molecule has 5 aromatic rings. The number of aromatic nitrogens is 5. The fourth-order valence-corrected chi connectivity index (χ4v) is 3.54. The molecule has 0 aliphatic heterocycles. The quantitative estimate of drug-likeness (QED) is 0.504. The topological polar surface area (TPSA) is 68.2 Å². The van der Waals surface area contributed by atoms with E-state index in [0.717, 1.165) is 28.0 Å². The summed E-state index contributed by atoms with van der Waals surface area (Å²) in [6.45, 7) is 4.00. The van der Waals surface area contributed by atoms with Gasteiger partial charge in [-0.1, -0.05) is 12.1 Å². The summed E-state index contributed by atoms with van der Waals surface area (Å²) in [7, 11) is 0. The largest absolute Gasteiger partial charge is 0.507 e. The maximum Gasteiger partial charge on any atom is 0.185 e. The van der Waals surface area contributed by atoms with Gasteiger partial charge in [0.1, 0.15) is 17.9 Å². The van der Waals surface area contributed by atoms with E-state index in [2.05, 4.69) is 15.1 Å². The van der Waals surface area contributed by atoms with Crippen LogP contribution >= 0.6 is 0 Å². The first-order chi connectivity index (χ1) is 13.5. The third-order valence-electron chi connectivity index (χ3n) is 5.06. The van der Waals surface area contributed by atoms with E-state index in [-0.39, 0.29) is 11.6 Å². The number of halogens is 1. The Labute approximate surface area is 159 Å². The number of phenolic OH excluding ortho intramolecular Hbond substituents is 1. The number of hydrogen-bond acceptors (Lipinski definition) is 4. The number of rotatable bonds is 2. The van der Waals surface area contributed by atoms with Crippen LogP contribution in [-0.2, 0) is 0 Å². The Morgan fingerprint density at radius 1 is 0.964 bits per heavy atom. The molecule has 1 N–H and O–H groups in total. The summed E-state index contributed by atoms with van der Waals surface area (Å²) >= 11 is 0. The van der Waals surface area contributed by atoms with Crippen molar-refractivity contribution in [1.82, 2.24) is 24.1 Å². The van der Waals surface area contributed by atoms with Crippen molar-refractivity contribution in [2.45, 2.75) is 13.8 Å². The average Bonchev–Trinajstić information content (AvgIpc) is 3.23. The van der Waals surface area contributed by atoms with Gasteiger partial charge < -0.3 is 5.11 Å². The van der Waals surface area contributed by atoms with Gasteiger partial charge in [0.2, 0.25) is 0 Å². The molecule has 2 aromatic carbocycles. The SMILES string of the molecule is Cc1c(C)n(-c2ccc(F)cc2)c2ncn3nc(-c4ccccc4O)nc3c12. The van der Waals surface area contributed by atoms with Crippen molar-refractivity contribution >= 4 is 16.7 Å². The van der Waals surface area contributed by atoms with E-state index in [9.17, 15) is 9.50 Å². The molecule has 0 fully saturated rings. The minimum absolute atomic E-state index is 0.124. The van der Waals surface area contributed by atoms with Crippen molar-refractivity contribution in [2.24, 2.45) is 0 Å². The highest BCUT2D eigenvalue weighted by Crippen LogP contribution is 2.32. The Hall–Kier alpha value is -3.74. The van der Waals surface area contributed by atoms with Crippen LogP contribution in [0.2, 0.25) is 0 Å². The van der Waals surface area contributed by atoms with Gasteiger partial charge in [-0.05, 0) is 55.8 Å². The molecule has 28 heavy (non-hydrogen) atoms. The lowest BCUT2D eigenvalue weighted by Crippen LogP contribution is -1.99. The molecule has 0 unspecified atom stereocenters. The van der Waals surface area contributed by atoms with Crippen LogP contribution in [0.4, 0.5) is 4.39 Å². The predicted octanol–water partition coefficient (Wildman–Crippen LogP) is 4.20. The van der Waals surface area contributed by atoms with Gasteiger partial charge in [-0.15, -0.1) is 5.10 Å². The molecule has 138 valence electrons. The summed E-state index contributed by atoms with van der Waals surface area (Å²) in [6.07, 6.45) is 1.60. The number of benzene rings is 2. The number of phenols is 1. The molecule has 0 atom stereocenters. The fourth-order valence-electron chi connectivity index (χ4n) is 3.54. The van der Waals surface area contributed by atoms with E-state index in [1.165, 1.54) is 12.1 Å². The maximum absolute atomic E-state index is 13.4. The molecule has 0 spiro atoms. The molecule has 5 rings (SSSR count). The Balaban J connectivity index is 1.80. The van der Waals surface area contributed by atoms with Crippen LogP contribution < -0.4 is 0 Å². The van der Waals surface area contributed by atoms with Crippen molar-refractivity contribution in [3.8, 4) is 22.8 Å². The van der Waals surface area contributed by atoms with Crippen LogP contribution in [0.15, 0.2) is 54.9 Å². The number of para-hydroxylation sites is 1. The summed E-state index contributed by atoms with van der Waals surface area (Å²) < 4.78 is 17.0. The van der Waals surface area contributed by atoms with Crippen LogP contribution in [0.1, 0.15) is 11.3 Å². The van der Waals surface area contributed by atoms with Crippen LogP contribution in [0, 0.1) is 19.7 Å². The molecule has 0 saturated carbocycles. The summed E-state index contributed by atoms with van der Waals surface area (Å²) in [5.41, 5.74) is 4.79. The van der Waals surface area contributed by atoms with Gasteiger partial charge in [0.15, 0.2) is 17.1 Å². The maximum atomic E-state index is 13.4. The Kier molecular flexibility index (Phi) is 3.45. The third kappa shape index (κ3) is 2.29. The van der Waals surface area contributed by atoms with Crippen LogP contribution in [-0.4, -0.2) is 29.3 Å². The van der Waals surface area contributed by atoms with Crippen molar-refractivity contribution in [2.75, 3.05) is 0 Å². The minimum atomic E-state index is -0.283. The molecule has 3 heterocycles. The molecule has 0 aliphatic rings. The molecule has 0 amide bonds. The summed E-state index contributed by atoms with van der Waals surface area (Å²) in [5, 5.41) is 15.5. The van der Waals surface area contributed by atoms with Crippen LogP contribution in [0.25, 0.3) is 33.8 Å². The number of hydrogen-bond donors (Lipinski definition) is 1. The monoisotopic (exact) mass is 373 g/mol. The summed E-state index contributed by atoms with van der Waals surface area (Å²) in [4.78, 5) is 9.26. The molecule has 3 aromatic heterocycles. The molecular weight excluding hydrogens is 357 g/mol. The lowest BCUT2D eigenvalue weighted by Gasteiger charge is -2.07. The van der Waals surface area contributed by atoms with E-state index < -0.39 is 0 Å². The standard InChI is InChI=1S/C21H16FN5O/c1-12-13(2)27(15-9-7-14(22)8-10-15)20-18(12)21-24-19(25-26(21)11-23-20)16-5-3-4-6-17(16)28/h3-11,28H,1-2H3. The lowest BCUT2D eigenvalue weighted by atomic mass is 10.2. The van der Waals surface area contributed by atoms with Crippen molar-refractivity contribution in [1.29, 1.82) is 0 Å².